The van der Waals surface area contributed by atoms with E-state index in [0.717, 1.165) is 23.8 Å². The number of nitrogens with zero attached hydrogens (tertiary/aromatic N) is 4. The van der Waals surface area contributed by atoms with Crippen LogP contribution in [0.1, 0.15) is 37.8 Å². The van der Waals surface area contributed by atoms with Crippen molar-refractivity contribution in [3.05, 3.63) is 39.6 Å². The van der Waals surface area contributed by atoms with Crippen molar-refractivity contribution in [2.24, 2.45) is 5.41 Å². The minimum absolute atomic E-state index is 0.0517. The van der Waals surface area contributed by atoms with E-state index in [4.69, 9.17) is 21.3 Å². The monoisotopic (exact) mass is 547 g/mol. The third-order valence-electron chi connectivity index (χ3n) is 6.45. The Labute approximate surface area is 208 Å². The van der Waals surface area contributed by atoms with Gasteiger partial charge in [-0.1, -0.05) is 18.5 Å². The van der Waals surface area contributed by atoms with Crippen molar-refractivity contribution in [1.29, 1.82) is 0 Å². The molecule has 3 N–H and O–H groups in total. The maximum Gasteiger partial charge on any atom is 0.407 e. The third kappa shape index (κ3) is 4.18. The predicted octanol–water partition coefficient (Wildman–Crippen LogP) is 3.73. The topological polar surface area (TPSA) is 123 Å². The summed E-state index contributed by atoms with van der Waals surface area (Å²) in [4.78, 5) is 32.9. The Bertz CT molecular complexity index is 1300. The number of anilines is 1. The molecule has 2 fully saturated rings. The number of aromatic nitrogens is 4. The lowest BCUT2D eigenvalue weighted by molar-refractivity contribution is -0.129. The Morgan fingerprint density at radius 2 is 2.21 bits per heavy atom. The lowest BCUT2D eigenvalue weighted by Gasteiger charge is -2.22. The van der Waals surface area contributed by atoms with Gasteiger partial charge in [0, 0.05) is 29.7 Å². The normalized spacial score (nSPS) is 24.2. The number of carbonyl (C=O) groups is 2. The Hall–Kier alpha value is -2.92. The standard InChI is InChI=1S/C22H23BrClN7O3/c1-22(19(32)25-2)4-3-13(8-22)27-20-26-9-15-17(23)30-31(18(15)29-20)14-6-11(5-12(24)7-14)16-10-34-21(33)28-16/h5-7,9,13,16H,3-4,8,10H2,1-2H3,(H,25,32)(H,28,33)(H,26,27,29)/t13-,16+,22-/m1/s1. The molecule has 0 bridgehead atoms. The van der Waals surface area contributed by atoms with Crippen LogP contribution in [0.2, 0.25) is 5.02 Å². The first-order valence-corrected chi connectivity index (χ1v) is 12.1. The van der Waals surface area contributed by atoms with E-state index in [9.17, 15) is 9.59 Å². The van der Waals surface area contributed by atoms with Gasteiger partial charge in [-0.25, -0.2) is 14.5 Å². The van der Waals surface area contributed by atoms with Gasteiger partial charge in [-0.2, -0.15) is 10.1 Å². The van der Waals surface area contributed by atoms with Crippen LogP contribution in [0.15, 0.2) is 29.0 Å². The summed E-state index contributed by atoms with van der Waals surface area (Å²) in [5, 5.41) is 14.7. The molecule has 0 unspecified atom stereocenters. The highest BCUT2D eigenvalue weighted by Gasteiger charge is 2.41. The molecule has 2 aliphatic rings. The molecule has 5 rings (SSSR count). The molecule has 178 valence electrons. The SMILES string of the molecule is CNC(=O)[C@]1(C)CC[C@@H](Nc2ncc3c(Br)nn(-c4cc(Cl)cc([C@@H]5COC(=O)N5)c4)c3n2)C1. The Morgan fingerprint density at radius 3 is 2.94 bits per heavy atom. The predicted molar refractivity (Wildman–Crippen MR) is 130 cm³/mol. The van der Waals surface area contributed by atoms with E-state index in [1.54, 1.807) is 30.1 Å². The van der Waals surface area contributed by atoms with Crippen molar-refractivity contribution in [3.63, 3.8) is 0 Å². The first kappa shape index (κ1) is 22.9. The van der Waals surface area contributed by atoms with Crippen molar-refractivity contribution >= 4 is 56.5 Å². The zero-order valence-electron chi connectivity index (χ0n) is 18.6. The van der Waals surface area contributed by atoms with Crippen LogP contribution in [-0.4, -0.2) is 51.4 Å². The molecular formula is C22H23BrClN7O3. The Balaban J connectivity index is 1.46. The lowest BCUT2D eigenvalue weighted by atomic mass is 9.87. The number of ether oxygens (including phenoxy) is 1. The van der Waals surface area contributed by atoms with E-state index < -0.39 is 11.5 Å². The van der Waals surface area contributed by atoms with Crippen LogP contribution in [0, 0.1) is 5.41 Å². The minimum atomic E-state index is -0.457. The minimum Gasteiger partial charge on any atom is -0.447 e. The van der Waals surface area contributed by atoms with Crippen LogP contribution in [-0.2, 0) is 9.53 Å². The third-order valence-corrected chi connectivity index (χ3v) is 7.26. The molecule has 3 heterocycles. The number of benzene rings is 1. The molecule has 12 heteroatoms. The lowest BCUT2D eigenvalue weighted by Crippen LogP contribution is -2.35. The van der Waals surface area contributed by atoms with Crippen LogP contribution < -0.4 is 16.0 Å². The number of alkyl carbamates (subject to hydrolysis) is 1. The van der Waals surface area contributed by atoms with Gasteiger partial charge in [-0.05, 0) is 59.0 Å². The van der Waals surface area contributed by atoms with Gasteiger partial charge in [0.05, 0.1) is 17.1 Å². The van der Waals surface area contributed by atoms with Gasteiger partial charge in [-0.15, -0.1) is 0 Å². The van der Waals surface area contributed by atoms with Gasteiger partial charge in [0.1, 0.15) is 11.2 Å². The molecule has 10 nitrogen and oxygen atoms in total. The molecule has 3 aromatic rings. The Kier molecular flexibility index (Phi) is 5.85. The number of fused-ring (bicyclic) bond motifs is 1. The van der Waals surface area contributed by atoms with Crippen molar-refractivity contribution in [1.82, 2.24) is 30.4 Å². The van der Waals surface area contributed by atoms with Gasteiger partial charge in [0.15, 0.2) is 5.65 Å². The molecule has 2 amide bonds. The summed E-state index contributed by atoms with van der Waals surface area (Å²) in [5.41, 5.74) is 1.69. The van der Waals surface area contributed by atoms with Crippen LogP contribution in [0.25, 0.3) is 16.7 Å². The average molecular weight is 549 g/mol. The van der Waals surface area contributed by atoms with Crippen molar-refractivity contribution in [3.8, 4) is 5.69 Å². The van der Waals surface area contributed by atoms with E-state index in [0.29, 0.717) is 33.3 Å². The average Bonchev–Trinajstić information content (AvgIpc) is 3.50. The van der Waals surface area contributed by atoms with Crippen LogP contribution in [0.5, 0.6) is 0 Å². The molecule has 0 radical (unpaired) electrons. The maximum atomic E-state index is 12.3. The van der Waals surface area contributed by atoms with Crippen LogP contribution in [0.4, 0.5) is 10.7 Å². The first-order valence-electron chi connectivity index (χ1n) is 10.9. The number of amides is 2. The summed E-state index contributed by atoms with van der Waals surface area (Å²) < 4.78 is 7.30. The van der Waals surface area contributed by atoms with E-state index in [-0.39, 0.29) is 24.6 Å². The van der Waals surface area contributed by atoms with Crippen molar-refractivity contribution in [2.75, 3.05) is 19.0 Å². The summed E-state index contributed by atoms with van der Waals surface area (Å²) in [6, 6.07) is 5.26. The number of cyclic esters (lactones) is 1. The second kappa shape index (κ2) is 8.70. The molecule has 2 aromatic heterocycles. The molecule has 1 saturated carbocycles. The maximum absolute atomic E-state index is 12.3. The highest BCUT2D eigenvalue weighted by atomic mass is 79.9. The number of rotatable bonds is 5. The number of carbonyl (C=O) groups excluding carboxylic acids is 2. The smallest absolute Gasteiger partial charge is 0.407 e. The van der Waals surface area contributed by atoms with E-state index in [1.165, 1.54) is 0 Å². The molecule has 1 aromatic carbocycles. The fraction of sp³-hybridized carbons (Fsp3) is 0.409. The van der Waals surface area contributed by atoms with Crippen LogP contribution >= 0.6 is 27.5 Å². The van der Waals surface area contributed by atoms with Gasteiger partial charge in [0.25, 0.3) is 0 Å². The second-order valence-electron chi connectivity index (χ2n) is 8.90. The van der Waals surface area contributed by atoms with Crippen molar-refractivity contribution in [2.45, 2.75) is 38.3 Å². The summed E-state index contributed by atoms with van der Waals surface area (Å²) in [5.74, 6) is 0.516. The highest BCUT2D eigenvalue weighted by molar-refractivity contribution is 9.10. The zero-order valence-corrected chi connectivity index (χ0v) is 20.9. The fourth-order valence-corrected chi connectivity index (χ4v) is 5.33. The van der Waals surface area contributed by atoms with Crippen LogP contribution in [0.3, 0.4) is 0 Å². The molecule has 1 aliphatic heterocycles. The Morgan fingerprint density at radius 1 is 1.38 bits per heavy atom. The van der Waals surface area contributed by atoms with E-state index in [2.05, 4.69) is 42.0 Å². The summed E-state index contributed by atoms with van der Waals surface area (Å²) in [6.07, 6.45) is 3.59. The summed E-state index contributed by atoms with van der Waals surface area (Å²) in [7, 11) is 1.67. The van der Waals surface area contributed by atoms with Gasteiger partial charge >= 0.3 is 6.09 Å². The fourth-order valence-electron chi connectivity index (χ4n) is 4.66. The van der Waals surface area contributed by atoms with Gasteiger partial charge in [0.2, 0.25) is 11.9 Å². The highest BCUT2D eigenvalue weighted by Crippen LogP contribution is 2.39. The second-order valence-corrected chi connectivity index (χ2v) is 10.1. The van der Waals surface area contributed by atoms with Crippen molar-refractivity contribution < 1.29 is 14.3 Å². The summed E-state index contributed by atoms with van der Waals surface area (Å²) in [6.45, 7) is 2.22. The van der Waals surface area contributed by atoms with Gasteiger partial charge in [-0.3, -0.25) is 4.79 Å². The number of hydrogen-bond donors (Lipinski definition) is 3. The van der Waals surface area contributed by atoms with E-state index >= 15 is 0 Å². The molecule has 1 saturated heterocycles. The molecule has 3 atom stereocenters. The molecule has 0 spiro atoms. The number of halogens is 2. The zero-order chi connectivity index (χ0) is 24.0. The number of nitrogens with one attached hydrogen (secondary N) is 3. The molecule has 1 aliphatic carbocycles. The summed E-state index contributed by atoms with van der Waals surface area (Å²) >= 11 is 9.89. The number of hydrogen-bond acceptors (Lipinski definition) is 7. The largest absolute Gasteiger partial charge is 0.447 e. The quantitative estimate of drug-likeness (QED) is 0.444. The molecule has 34 heavy (non-hydrogen) atoms. The van der Waals surface area contributed by atoms with Gasteiger partial charge < -0.3 is 20.7 Å². The van der Waals surface area contributed by atoms with E-state index in [1.807, 2.05) is 13.0 Å². The molecular weight excluding hydrogens is 526 g/mol. The first-order chi connectivity index (χ1) is 16.3.